The average molecular weight is 469 g/mol. The molecule has 1 amide bonds. The Kier molecular flexibility index (Phi) is 5.78. The highest BCUT2D eigenvalue weighted by molar-refractivity contribution is 6.10. The van der Waals surface area contributed by atoms with Crippen LogP contribution in [0.2, 0.25) is 0 Å². The summed E-state index contributed by atoms with van der Waals surface area (Å²) in [4.78, 5) is 37.8. The Morgan fingerprint density at radius 3 is 2.29 bits per heavy atom. The summed E-state index contributed by atoms with van der Waals surface area (Å²) in [5, 5.41) is 9.86. The highest BCUT2D eigenvalue weighted by Gasteiger charge is 2.19. The summed E-state index contributed by atoms with van der Waals surface area (Å²) >= 11 is 0. The van der Waals surface area contributed by atoms with Crippen molar-refractivity contribution in [2.24, 2.45) is 0 Å². The van der Waals surface area contributed by atoms with Crippen molar-refractivity contribution in [3.63, 3.8) is 0 Å². The Balaban J connectivity index is 1.35. The van der Waals surface area contributed by atoms with Crippen LogP contribution in [0.15, 0.2) is 71.5 Å². The van der Waals surface area contributed by atoms with Crippen LogP contribution < -0.4 is 10.9 Å². The predicted molar refractivity (Wildman–Crippen MR) is 136 cm³/mol. The Hall–Kier alpha value is -4.46. The summed E-state index contributed by atoms with van der Waals surface area (Å²) in [5.41, 5.74) is 2.55. The molecular formula is C27H24N4O4. The number of carbonyl (C=O) groups excluding carboxylic acids is 2. The van der Waals surface area contributed by atoms with E-state index in [0.29, 0.717) is 23.0 Å². The van der Waals surface area contributed by atoms with Gasteiger partial charge in [-0.05, 0) is 44.2 Å². The third kappa shape index (κ3) is 3.93. The third-order valence-electron chi connectivity index (χ3n) is 6.07. The van der Waals surface area contributed by atoms with E-state index in [2.05, 4.69) is 34.0 Å². The molecule has 2 heterocycles. The van der Waals surface area contributed by atoms with Crippen molar-refractivity contribution < 1.29 is 14.3 Å². The highest BCUT2D eigenvalue weighted by Crippen LogP contribution is 2.31. The summed E-state index contributed by atoms with van der Waals surface area (Å²) in [5.74, 6) is -1.23. The lowest BCUT2D eigenvalue weighted by Gasteiger charge is -2.10. The molecule has 0 saturated carbocycles. The van der Waals surface area contributed by atoms with Crippen molar-refractivity contribution in [3.8, 4) is 0 Å². The second kappa shape index (κ2) is 9.06. The highest BCUT2D eigenvalue weighted by atomic mass is 16.5. The quantitative estimate of drug-likeness (QED) is 0.374. The van der Waals surface area contributed by atoms with Gasteiger partial charge in [0.15, 0.2) is 12.3 Å². The van der Waals surface area contributed by atoms with Gasteiger partial charge in [-0.25, -0.2) is 9.48 Å². The topological polar surface area (TPSA) is 95.2 Å². The van der Waals surface area contributed by atoms with Crippen molar-refractivity contribution in [2.45, 2.75) is 26.9 Å². The molecule has 0 spiro atoms. The molecule has 0 atom stereocenters. The fourth-order valence-corrected chi connectivity index (χ4v) is 4.47. The van der Waals surface area contributed by atoms with Gasteiger partial charge in [0.2, 0.25) is 0 Å². The van der Waals surface area contributed by atoms with Crippen molar-refractivity contribution >= 4 is 50.1 Å². The van der Waals surface area contributed by atoms with E-state index >= 15 is 0 Å². The lowest BCUT2D eigenvalue weighted by molar-refractivity contribution is -0.119. The lowest BCUT2D eigenvalue weighted by Crippen LogP contribution is -2.27. The smallest absolute Gasteiger partial charge is 0.359 e. The van der Waals surface area contributed by atoms with Crippen LogP contribution in [-0.4, -0.2) is 32.8 Å². The molecule has 0 saturated heterocycles. The number of anilines is 1. The molecule has 3 aromatic carbocycles. The predicted octanol–water partition coefficient (Wildman–Crippen LogP) is 4.34. The molecule has 0 aliphatic carbocycles. The monoisotopic (exact) mass is 468 g/mol. The zero-order chi connectivity index (χ0) is 24.5. The zero-order valence-electron chi connectivity index (χ0n) is 19.4. The SMILES string of the molecule is CCn1nc(C(=O)OCC(=O)Nc2ccc3c(c2)c2ccccc2n3CC)c2ccccc2c1=O. The van der Waals surface area contributed by atoms with Gasteiger partial charge in [-0.3, -0.25) is 9.59 Å². The Labute approximate surface area is 200 Å². The number of benzene rings is 3. The first kappa shape index (κ1) is 22.3. The summed E-state index contributed by atoms with van der Waals surface area (Å²) in [6.07, 6.45) is 0. The van der Waals surface area contributed by atoms with Crippen molar-refractivity contribution in [1.82, 2.24) is 14.3 Å². The Morgan fingerprint density at radius 2 is 1.54 bits per heavy atom. The van der Waals surface area contributed by atoms with Crippen LogP contribution in [0.3, 0.4) is 0 Å². The molecule has 0 radical (unpaired) electrons. The van der Waals surface area contributed by atoms with Crippen molar-refractivity contribution in [1.29, 1.82) is 0 Å². The second-order valence-electron chi connectivity index (χ2n) is 8.13. The van der Waals surface area contributed by atoms with Crippen LogP contribution in [-0.2, 0) is 22.6 Å². The van der Waals surface area contributed by atoms with Gasteiger partial charge in [-0.2, -0.15) is 5.10 Å². The van der Waals surface area contributed by atoms with Gasteiger partial charge in [0.1, 0.15) is 0 Å². The van der Waals surface area contributed by atoms with Crippen LogP contribution in [0.25, 0.3) is 32.6 Å². The number of hydrogen-bond donors (Lipinski definition) is 1. The lowest BCUT2D eigenvalue weighted by atomic mass is 10.1. The van der Waals surface area contributed by atoms with Crippen molar-refractivity contribution in [2.75, 3.05) is 11.9 Å². The third-order valence-corrected chi connectivity index (χ3v) is 6.07. The van der Waals surface area contributed by atoms with Crippen LogP contribution in [0.5, 0.6) is 0 Å². The summed E-state index contributed by atoms with van der Waals surface area (Å²) in [6, 6.07) is 20.6. The average Bonchev–Trinajstić information content (AvgIpc) is 3.20. The molecule has 0 fully saturated rings. The largest absolute Gasteiger partial charge is 0.451 e. The first-order valence-electron chi connectivity index (χ1n) is 11.5. The number of nitrogens with one attached hydrogen (secondary N) is 1. The second-order valence-corrected chi connectivity index (χ2v) is 8.13. The van der Waals surface area contributed by atoms with Gasteiger partial charge in [0.25, 0.3) is 11.5 Å². The molecular weight excluding hydrogens is 444 g/mol. The number of aromatic nitrogens is 3. The van der Waals surface area contributed by atoms with Gasteiger partial charge in [0, 0.05) is 46.0 Å². The van der Waals surface area contributed by atoms with Crippen LogP contribution in [0.1, 0.15) is 24.3 Å². The standard InChI is InChI=1S/C27H24N4O4/c1-3-30-22-12-8-7-9-18(22)21-15-17(13-14-23(21)30)28-24(32)16-35-27(34)25-19-10-5-6-11-20(19)26(33)31(4-2)29-25/h5-15H,3-4,16H2,1-2H3,(H,28,32). The van der Waals surface area contributed by atoms with E-state index in [1.54, 1.807) is 31.2 Å². The molecule has 0 bridgehead atoms. The summed E-state index contributed by atoms with van der Waals surface area (Å²) in [6.45, 7) is 4.52. The van der Waals surface area contributed by atoms with Gasteiger partial charge in [0.05, 0.1) is 5.39 Å². The normalized spacial score (nSPS) is 11.3. The first-order chi connectivity index (χ1) is 17.0. The molecule has 5 aromatic rings. The number of nitrogens with zero attached hydrogens (tertiary/aromatic N) is 3. The van der Waals surface area contributed by atoms with Crippen LogP contribution >= 0.6 is 0 Å². The van der Waals surface area contributed by atoms with Gasteiger partial charge >= 0.3 is 5.97 Å². The molecule has 5 rings (SSSR count). The summed E-state index contributed by atoms with van der Waals surface area (Å²) < 4.78 is 8.69. The number of fused-ring (bicyclic) bond motifs is 4. The number of para-hydroxylation sites is 1. The molecule has 35 heavy (non-hydrogen) atoms. The molecule has 176 valence electrons. The van der Waals surface area contributed by atoms with E-state index in [1.807, 2.05) is 30.3 Å². The van der Waals surface area contributed by atoms with E-state index in [9.17, 15) is 14.4 Å². The van der Waals surface area contributed by atoms with Crippen LogP contribution in [0, 0.1) is 0 Å². The van der Waals surface area contributed by atoms with Gasteiger partial charge < -0.3 is 14.6 Å². The maximum absolute atomic E-state index is 12.8. The summed E-state index contributed by atoms with van der Waals surface area (Å²) in [7, 11) is 0. The fourth-order valence-electron chi connectivity index (χ4n) is 4.47. The fraction of sp³-hybridized carbons (Fsp3) is 0.185. The minimum atomic E-state index is -0.764. The van der Waals surface area contributed by atoms with Crippen molar-refractivity contribution in [3.05, 3.63) is 82.8 Å². The number of hydrogen-bond acceptors (Lipinski definition) is 5. The molecule has 2 aromatic heterocycles. The molecule has 0 unspecified atom stereocenters. The van der Waals surface area contributed by atoms with Crippen LogP contribution in [0.4, 0.5) is 5.69 Å². The van der Waals surface area contributed by atoms with E-state index in [4.69, 9.17) is 4.74 Å². The molecule has 0 aliphatic rings. The first-order valence-corrected chi connectivity index (χ1v) is 11.5. The minimum Gasteiger partial charge on any atom is -0.451 e. The Bertz CT molecular complexity index is 1670. The maximum Gasteiger partial charge on any atom is 0.359 e. The number of rotatable bonds is 6. The molecule has 8 nitrogen and oxygen atoms in total. The van der Waals surface area contributed by atoms with E-state index in [0.717, 1.165) is 28.4 Å². The maximum atomic E-state index is 12.8. The van der Waals surface area contributed by atoms with Gasteiger partial charge in [-0.15, -0.1) is 0 Å². The van der Waals surface area contributed by atoms with E-state index < -0.39 is 18.5 Å². The molecule has 1 N–H and O–H groups in total. The minimum absolute atomic E-state index is 0.00337. The number of esters is 1. The zero-order valence-corrected chi connectivity index (χ0v) is 19.4. The molecule has 0 aliphatic heterocycles. The van der Waals surface area contributed by atoms with E-state index in [-0.39, 0.29) is 11.3 Å². The molecule has 8 heteroatoms. The number of carbonyl (C=O) groups is 2. The van der Waals surface area contributed by atoms with Gasteiger partial charge in [-0.1, -0.05) is 36.4 Å². The Morgan fingerprint density at radius 1 is 0.857 bits per heavy atom. The number of aryl methyl sites for hydroxylation is 2. The van der Waals surface area contributed by atoms with E-state index in [1.165, 1.54) is 4.68 Å². The number of amides is 1. The number of ether oxygens (including phenoxy) is 1.